The summed E-state index contributed by atoms with van der Waals surface area (Å²) in [6.45, 7) is 13.5. The van der Waals surface area contributed by atoms with Gasteiger partial charge in [-0.25, -0.2) is 0 Å². The van der Waals surface area contributed by atoms with Crippen LogP contribution in [0.4, 0.5) is 0 Å². The summed E-state index contributed by atoms with van der Waals surface area (Å²) in [6, 6.07) is 0. The van der Waals surface area contributed by atoms with E-state index in [1.807, 2.05) is 31.7 Å². The molecule has 0 radical (unpaired) electrons. The number of aromatic nitrogens is 2. The van der Waals surface area contributed by atoms with E-state index in [0.717, 1.165) is 23.5 Å². The Kier molecular flexibility index (Phi) is 6.19. The van der Waals surface area contributed by atoms with Crippen molar-refractivity contribution >= 4 is 12.0 Å². The van der Waals surface area contributed by atoms with Crippen molar-refractivity contribution in [2.45, 2.75) is 41.5 Å². The lowest BCUT2D eigenvalue weighted by Crippen LogP contribution is -2.32. The van der Waals surface area contributed by atoms with E-state index in [9.17, 15) is 4.79 Å². The molecule has 0 aliphatic rings. The maximum absolute atomic E-state index is 12.0. The van der Waals surface area contributed by atoms with Crippen LogP contribution in [0.2, 0.25) is 0 Å². The molecule has 0 spiro atoms. The Labute approximate surface area is 128 Å². The zero-order valence-electron chi connectivity index (χ0n) is 14.4. The summed E-state index contributed by atoms with van der Waals surface area (Å²) in [6.07, 6.45) is 3.46. The Morgan fingerprint density at radius 2 is 1.81 bits per heavy atom. The average molecular weight is 291 g/mol. The fourth-order valence-corrected chi connectivity index (χ4v) is 2.71. The molecular weight excluding hydrogens is 262 g/mol. The topological polar surface area (TPSA) is 46.9 Å². The molecule has 1 aromatic rings. The van der Waals surface area contributed by atoms with Gasteiger partial charge in [-0.2, -0.15) is 5.10 Å². The van der Waals surface area contributed by atoms with Crippen molar-refractivity contribution in [3.8, 4) is 0 Å². The molecule has 21 heavy (non-hydrogen) atoms. The lowest BCUT2D eigenvalue weighted by atomic mass is 9.85. The van der Waals surface area contributed by atoms with Crippen molar-refractivity contribution in [3.63, 3.8) is 0 Å². The minimum Gasteiger partial charge on any atom is -0.352 e. The lowest BCUT2D eigenvalue weighted by Gasteiger charge is -2.24. The molecule has 0 atom stereocenters. The molecule has 4 nitrogen and oxygen atoms in total. The number of rotatable bonds is 6. The van der Waals surface area contributed by atoms with Crippen LogP contribution >= 0.6 is 0 Å². The van der Waals surface area contributed by atoms with Crippen molar-refractivity contribution in [3.05, 3.63) is 23.0 Å². The third-order valence-corrected chi connectivity index (χ3v) is 4.19. The van der Waals surface area contributed by atoms with Crippen LogP contribution in [0.1, 0.15) is 44.6 Å². The predicted octanol–water partition coefficient (Wildman–Crippen LogP) is 3.09. The highest BCUT2D eigenvalue weighted by Crippen LogP contribution is 2.19. The number of nitrogens with zero attached hydrogens (tertiary/aromatic N) is 2. The maximum atomic E-state index is 12.0. The molecule has 118 valence electrons. The summed E-state index contributed by atoms with van der Waals surface area (Å²) in [5.74, 6) is 1.60. The number of nitrogens with one attached hydrogen (secondary N) is 1. The van der Waals surface area contributed by atoms with Crippen molar-refractivity contribution in [1.82, 2.24) is 15.1 Å². The first kappa shape index (κ1) is 17.5. The van der Waals surface area contributed by atoms with Gasteiger partial charge in [0.25, 0.3) is 0 Å². The SMILES string of the molecule is Cc1nn(C)c(C)c1/C=C/C(=O)NCC(C(C)C)C(C)C. The molecule has 0 saturated heterocycles. The number of hydrogen-bond donors (Lipinski definition) is 1. The summed E-state index contributed by atoms with van der Waals surface area (Å²) < 4.78 is 1.83. The van der Waals surface area contributed by atoms with Crippen molar-refractivity contribution < 1.29 is 4.79 Å². The highest BCUT2D eigenvalue weighted by Gasteiger charge is 2.17. The Balaban J connectivity index is 2.63. The Hall–Kier alpha value is -1.58. The highest BCUT2D eigenvalue weighted by atomic mass is 16.1. The fraction of sp³-hybridized carbons (Fsp3) is 0.647. The Morgan fingerprint density at radius 3 is 2.24 bits per heavy atom. The minimum atomic E-state index is -0.0380. The quantitative estimate of drug-likeness (QED) is 0.819. The second kappa shape index (κ2) is 7.43. The molecule has 4 heteroatoms. The van der Waals surface area contributed by atoms with Gasteiger partial charge in [0.1, 0.15) is 0 Å². The zero-order valence-corrected chi connectivity index (χ0v) is 14.4. The Morgan fingerprint density at radius 1 is 1.24 bits per heavy atom. The van der Waals surface area contributed by atoms with E-state index in [2.05, 4.69) is 38.1 Å². The van der Waals surface area contributed by atoms with Crippen LogP contribution in [0.25, 0.3) is 6.08 Å². The number of amides is 1. The minimum absolute atomic E-state index is 0.0380. The molecule has 0 aromatic carbocycles. The smallest absolute Gasteiger partial charge is 0.244 e. The molecule has 0 unspecified atom stereocenters. The molecular formula is C17H29N3O. The molecule has 0 fully saturated rings. The average Bonchev–Trinajstić information content (AvgIpc) is 2.60. The third-order valence-electron chi connectivity index (χ3n) is 4.19. The van der Waals surface area contributed by atoms with Crippen LogP contribution in [0.3, 0.4) is 0 Å². The standard InChI is InChI=1S/C17H29N3O/c1-11(2)16(12(3)4)10-18-17(21)9-8-15-13(5)19-20(7)14(15)6/h8-9,11-12,16H,10H2,1-7H3,(H,18,21)/b9-8+. The maximum Gasteiger partial charge on any atom is 0.244 e. The fourth-order valence-electron chi connectivity index (χ4n) is 2.71. The van der Waals surface area contributed by atoms with Gasteiger partial charge in [-0.15, -0.1) is 0 Å². The molecule has 0 aliphatic heterocycles. The first-order valence-electron chi connectivity index (χ1n) is 7.70. The first-order chi connectivity index (χ1) is 9.73. The van der Waals surface area contributed by atoms with Crippen LogP contribution in [-0.4, -0.2) is 22.2 Å². The van der Waals surface area contributed by atoms with Gasteiger partial charge in [0, 0.05) is 30.9 Å². The monoisotopic (exact) mass is 291 g/mol. The molecule has 0 saturated carbocycles. The van der Waals surface area contributed by atoms with Crippen molar-refractivity contribution in [2.24, 2.45) is 24.8 Å². The van der Waals surface area contributed by atoms with E-state index >= 15 is 0 Å². The largest absolute Gasteiger partial charge is 0.352 e. The van der Waals surface area contributed by atoms with Gasteiger partial charge in [-0.3, -0.25) is 9.48 Å². The van der Waals surface area contributed by atoms with Crippen LogP contribution in [0.5, 0.6) is 0 Å². The molecule has 1 aromatic heterocycles. The Bertz CT molecular complexity index is 504. The second-order valence-corrected chi connectivity index (χ2v) is 6.44. The van der Waals surface area contributed by atoms with Gasteiger partial charge in [0.05, 0.1) is 5.69 Å². The number of aryl methyl sites for hydroxylation is 2. The first-order valence-corrected chi connectivity index (χ1v) is 7.70. The molecule has 1 amide bonds. The summed E-state index contributed by atoms with van der Waals surface area (Å²) in [7, 11) is 1.91. The van der Waals surface area contributed by atoms with Crippen molar-refractivity contribution in [2.75, 3.05) is 6.54 Å². The lowest BCUT2D eigenvalue weighted by molar-refractivity contribution is -0.116. The van der Waals surface area contributed by atoms with E-state index in [1.54, 1.807) is 6.08 Å². The van der Waals surface area contributed by atoms with Crippen LogP contribution in [0, 0.1) is 31.6 Å². The normalized spacial score (nSPS) is 12.1. The van der Waals surface area contributed by atoms with Crippen molar-refractivity contribution in [1.29, 1.82) is 0 Å². The van der Waals surface area contributed by atoms with E-state index in [4.69, 9.17) is 0 Å². The van der Waals surface area contributed by atoms with E-state index in [1.165, 1.54) is 0 Å². The summed E-state index contributed by atoms with van der Waals surface area (Å²) in [4.78, 5) is 12.0. The zero-order chi connectivity index (χ0) is 16.2. The molecule has 1 rings (SSSR count). The number of carbonyl (C=O) groups is 1. The van der Waals surface area contributed by atoms with Gasteiger partial charge < -0.3 is 5.32 Å². The van der Waals surface area contributed by atoms with Gasteiger partial charge in [-0.05, 0) is 37.7 Å². The summed E-state index contributed by atoms with van der Waals surface area (Å²) in [5.41, 5.74) is 3.04. The van der Waals surface area contributed by atoms with Gasteiger partial charge in [-0.1, -0.05) is 27.7 Å². The molecule has 1 heterocycles. The number of hydrogen-bond acceptors (Lipinski definition) is 2. The molecule has 1 N–H and O–H groups in total. The highest BCUT2D eigenvalue weighted by molar-refractivity contribution is 5.92. The van der Waals surface area contributed by atoms with Crippen LogP contribution in [0.15, 0.2) is 6.08 Å². The van der Waals surface area contributed by atoms with Gasteiger partial charge >= 0.3 is 0 Å². The van der Waals surface area contributed by atoms with Crippen LogP contribution < -0.4 is 5.32 Å². The van der Waals surface area contributed by atoms with E-state index < -0.39 is 0 Å². The summed E-state index contributed by atoms with van der Waals surface area (Å²) in [5, 5.41) is 7.35. The predicted molar refractivity (Wildman–Crippen MR) is 87.9 cm³/mol. The van der Waals surface area contributed by atoms with E-state index in [0.29, 0.717) is 17.8 Å². The summed E-state index contributed by atoms with van der Waals surface area (Å²) >= 11 is 0. The van der Waals surface area contributed by atoms with Gasteiger partial charge in [0.2, 0.25) is 5.91 Å². The van der Waals surface area contributed by atoms with E-state index in [-0.39, 0.29) is 5.91 Å². The van der Waals surface area contributed by atoms with Gasteiger partial charge in [0.15, 0.2) is 0 Å². The third kappa shape index (κ3) is 4.73. The molecule has 0 aliphatic carbocycles. The second-order valence-electron chi connectivity index (χ2n) is 6.44. The number of carbonyl (C=O) groups excluding carboxylic acids is 1. The van der Waals surface area contributed by atoms with Crippen LogP contribution in [-0.2, 0) is 11.8 Å². The molecule has 0 bridgehead atoms.